The normalized spacial score (nSPS) is 11.1. The van der Waals surface area contributed by atoms with E-state index in [-0.39, 0.29) is 5.01 Å². The molecule has 0 aliphatic rings. The average molecular weight is 207 g/mol. The van der Waals surface area contributed by atoms with Crippen LogP contribution >= 0.6 is 11.3 Å². The Kier molecular flexibility index (Phi) is 4.17. The smallest absolute Gasteiger partial charge is 0.291 e. The Bertz CT molecular complexity index is 252. The molecule has 3 nitrogen and oxygen atoms in total. The third-order valence-corrected chi connectivity index (χ3v) is 2.48. The Labute approximate surface area is 79.2 Å². The number of rotatable bonds is 5. The van der Waals surface area contributed by atoms with E-state index in [0.717, 1.165) is 24.3 Å². The van der Waals surface area contributed by atoms with Crippen molar-refractivity contribution in [3.8, 4) is 0 Å². The van der Waals surface area contributed by atoms with Crippen molar-refractivity contribution in [1.29, 1.82) is 0 Å². The SMILES string of the molecule is CNCCCc1nnc(C(F)F)s1. The molecule has 0 saturated heterocycles. The summed E-state index contributed by atoms with van der Waals surface area (Å²) in [4.78, 5) is 0. The van der Waals surface area contributed by atoms with Gasteiger partial charge in [0.05, 0.1) is 0 Å². The first-order valence-electron chi connectivity index (χ1n) is 3.99. The molecule has 1 aromatic heterocycles. The highest BCUT2D eigenvalue weighted by Gasteiger charge is 2.13. The molecule has 0 saturated carbocycles. The molecule has 0 bridgehead atoms. The van der Waals surface area contributed by atoms with Crippen LogP contribution in [0.3, 0.4) is 0 Å². The standard InChI is InChI=1S/C7H11F2N3S/c1-10-4-2-3-5-11-12-7(13-5)6(8)9/h6,10H,2-4H2,1H3. The second-order valence-corrected chi connectivity index (χ2v) is 3.64. The zero-order valence-electron chi connectivity index (χ0n) is 7.26. The van der Waals surface area contributed by atoms with Gasteiger partial charge in [-0.1, -0.05) is 11.3 Å². The van der Waals surface area contributed by atoms with Gasteiger partial charge in [0.25, 0.3) is 6.43 Å². The molecule has 0 atom stereocenters. The molecular weight excluding hydrogens is 196 g/mol. The van der Waals surface area contributed by atoms with Crippen molar-refractivity contribution >= 4 is 11.3 Å². The lowest BCUT2D eigenvalue weighted by Crippen LogP contribution is -2.08. The van der Waals surface area contributed by atoms with Crippen LogP contribution in [0.25, 0.3) is 0 Å². The van der Waals surface area contributed by atoms with Gasteiger partial charge in [0.1, 0.15) is 5.01 Å². The first-order valence-corrected chi connectivity index (χ1v) is 4.80. The summed E-state index contributed by atoms with van der Waals surface area (Å²) in [7, 11) is 1.85. The molecule has 0 unspecified atom stereocenters. The summed E-state index contributed by atoms with van der Waals surface area (Å²) >= 11 is 0.991. The second kappa shape index (κ2) is 5.18. The third kappa shape index (κ3) is 3.31. The van der Waals surface area contributed by atoms with Crippen molar-refractivity contribution in [2.24, 2.45) is 0 Å². The summed E-state index contributed by atoms with van der Waals surface area (Å²) in [5.41, 5.74) is 0. The van der Waals surface area contributed by atoms with Gasteiger partial charge in [0.2, 0.25) is 0 Å². The van der Waals surface area contributed by atoms with Crippen molar-refractivity contribution in [1.82, 2.24) is 15.5 Å². The first-order chi connectivity index (χ1) is 6.24. The fourth-order valence-corrected chi connectivity index (χ4v) is 1.61. The number of nitrogens with zero attached hydrogens (tertiary/aromatic N) is 2. The number of aryl methyl sites for hydroxylation is 1. The predicted octanol–water partition coefficient (Wildman–Crippen LogP) is 1.63. The highest BCUT2D eigenvalue weighted by molar-refractivity contribution is 7.11. The van der Waals surface area contributed by atoms with E-state index < -0.39 is 6.43 Å². The van der Waals surface area contributed by atoms with E-state index in [4.69, 9.17) is 0 Å². The maximum atomic E-state index is 12.1. The molecule has 0 fully saturated rings. The topological polar surface area (TPSA) is 37.8 Å². The van der Waals surface area contributed by atoms with Gasteiger partial charge >= 0.3 is 0 Å². The molecule has 0 aliphatic heterocycles. The molecule has 0 aliphatic carbocycles. The quantitative estimate of drug-likeness (QED) is 0.746. The highest BCUT2D eigenvalue weighted by Crippen LogP contribution is 2.22. The van der Waals surface area contributed by atoms with E-state index in [9.17, 15) is 8.78 Å². The van der Waals surface area contributed by atoms with Gasteiger partial charge in [-0.05, 0) is 20.0 Å². The third-order valence-electron chi connectivity index (χ3n) is 1.49. The van der Waals surface area contributed by atoms with Crippen LogP contribution < -0.4 is 5.32 Å². The number of hydrogen-bond acceptors (Lipinski definition) is 4. The van der Waals surface area contributed by atoms with E-state index in [1.54, 1.807) is 0 Å². The Morgan fingerprint density at radius 1 is 1.46 bits per heavy atom. The van der Waals surface area contributed by atoms with Gasteiger partial charge in [-0.3, -0.25) is 0 Å². The summed E-state index contributed by atoms with van der Waals surface area (Å²) in [5, 5.41) is 10.5. The molecule has 0 amide bonds. The van der Waals surface area contributed by atoms with Crippen LogP contribution in [0.5, 0.6) is 0 Å². The summed E-state index contributed by atoms with van der Waals surface area (Å²) in [6, 6.07) is 0. The van der Waals surface area contributed by atoms with Gasteiger partial charge in [-0.15, -0.1) is 10.2 Å². The number of aromatic nitrogens is 2. The van der Waals surface area contributed by atoms with E-state index in [1.807, 2.05) is 7.05 Å². The van der Waals surface area contributed by atoms with E-state index in [2.05, 4.69) is 15.5 Å². The number of alkyl halides is 2. The Hall–Kier alpha value is -0.620. The Balaban J connectivity index is 2.40. The minimum Gasteiger partial charge on any atom is -0.320 e. The Morgan fingerprint density at radius 2 is 2.23 bits per heavy atom. The van der Waals surface area contributed by atoms with Crippen LogP contribution in [-0.4, -0.2) is 23.8 Å². The maximum absolute atomic E-state index is 12.1. The predicted molar refractivity (Wildman–Crippen MR) is 47.1 cm³/mol. The molecule has 1 N–H and O–H groups in total. The largest absolute Gasteiger partial charge is 0.320 e. The van der Waals surface area contributed by atoms with Crippen molar-refractivity contribution in [2.75, 3.05) is 13.6 Å². The van der Waals surface area contributed by atoms with Gasteiger partial charge in [-0.25, -0.2) is 8.78 Å². The minimum absolute atomic E-state index is 0.181. The van der Waals surface area contributed by atoms with Crippen molar-refractivity contribution < 1.29 is 8.78 Å². The summed E-state index contributed by atoms with van der Waals surface area (Å²) in [6.45, 7) is 0.865. The van der Waals surface area contributed by atoms with E-state index in [0.29, 0.717) is 11.4 Å². The Morgan fingerprint density at radius 3 is 2.77 bits per heavy atom. The lowest BCUT2D eigenvalue weighted by Gasteiger charge is -1.94. The monoisotopic (exact) mass is 207 g/mol. The van der Waals surface area contributed by atoms with Gasteiger partial charge < -0.3 is 5.32 Å². The van der Waals surface area contributed by atoms with Crippen LogP contribution in [-0.2, 0) is 6.42 Å². The van der Waals surface area contributed by atoms with E-state index in [1.165, 1.54) is 0 Å². The van der Waals surface area contributed by atoms with Crippen molar-refractivity contribution in [2.45, 2.75) is 19.3 Å². The van der Waals surface area contributed by atoms with Gasteiger partial charge in [0.15, 0.2) is 5.01 Å². The molecule has 1 heterocycles. The number of halogens is 2. The molecule has 0 spiro atoms. The molecule has 1 rings (SSSR count). The van der Waals surface area contributed by atoms with Crippen LogP contribution in [0.15, 0.2) is 0 Å². The fraction of sp³-hybridized carbons (Fsp3) is 0.714. The number of nitrogens with one attached hydrogen (secondary N) is 1. The van der Waals surface area contributed by atoms with Crippen LogP contribution in [0.4, 0.5) is 8.78 Å². The zero-order chi connectivity index (χ0) is 9.68. The van der Waals surface area contributed by atoms with E-state index >= 15 is 0 Å². The zero-order valence-corrected chi connectivity index (χ0v) is 8.07. The molecule has 6 heteroatoms. The molecule has 13 heavy (non-hydrogen) atoms. The van der Waals surface area contributed by atoms with Crippen molar-refractivity contribution in [3.05, 3.63) is 10.0 Å². The average Bonchev–Trinajstić information content (AvgIpc) is 2.53. The molecule has 0 radical (unpaired) electrons. The summed E-state index contributed by atoms with van der Waals surface area (Å²) < 4.78 is 24.1. The molecule has 0 aromatic carbocycles. The molecule has 1 aromatic rings. The molecular formula is C7H11F2N3S. The summed E-state index contributed by atoms with van der Waals surface area (Å²) in [5.74, 6) is 0. The van der Waals surface area contributed by atoms with Crippen LogP contribution in [0.1, 0.15) is 22.9 Å². The highest BCUT2D eigenvalue weighted by atomic mass is 32.1. The van der Waals surface area contributed by atoms with Gasteiger partial charge in [-0.2, -0.15) is 0 Å². The molecule has 74 valence electrons. The summed E-state index contributed by atoms with van der Waals surface area (Å²) in [6.07, 6.45) is -0.880. The van der Waals surface area contributed by atoms with Gasteiger partial charge in [0, 0.05) is 6.42 Å². The van der Waals surface area contributed by atoms with Crippen LogP contribution in [0, 0.1) is 0 Å². The maximum Gasteiger partial charge on any atom is 0.291 e. The first kappa shape index (κ1) is 10.5. The fourth-order valence-electron chi connectivity index (χ4n) is 0.872. The lowest BCUT2D eigenvalue weighted by atomic mass is 10.3. The van der Waals surface area contributed by atoms with Crippen molar-refractivity contribution in [3.63, 3.8) is 0 Å². The second-order valence-electron chi connectivity index (χ2n) is 2.54. The number of hydrogen-bond donors (Lipinski definition) is 1. The van der Waals surface area contributed by atoms with Crippen LogP contribution in [0.2, 0.25) is 0 Å². The lowest BCUT2D eigenvalue weighted by molar-refractivity contribution is 0.150. The minimum atomic E-state index is -2.49.